The molecule has 2 aromatic heterocycles. The third kappa shape index (κ3) is 4.23. The Bertz CT molecular complexity index is 872. The van der Waals surface area contributed by atoms with Crippen molar-refractivity contribution in [1.29, 1.82) is 0 Å². The van der Waals surface area contributed by atoms with Crippen LogP contribution in [-0.2, 0) is 11.3 Å². The van der Waals surface area contributed by atoms with Gasteiger partial charge in [0.15, 0.2) is 0 Å². The van der Waals surface area contributed by atoms with E-state index in [1.165, 1.54) is 4.40 Å². The smallest absolute Gasteiger partial charge is 0.258 e. The van der Waals surface area contributed by atoms with Crippen LogP contribution in [-0.4, -0.2) is 63.9 Å². The summed E-state index contributed by atoms with van der Waals surface area (Å²) in [5.74, 6) is 0.129. The van der Waals surface area contributed by atoms with E-state index in [1.807, 2.05) is 0 Å². The van der Waals surface area contributed by atoms with E-state index in [0.717, 1.165) is 44.7 Å². The van der Waals surface area contributed by atoms with Gasteiger partial charge in [-0.25, -0.2) is 4.98 Å². The summed E-state index contributed by atoms with van der Waals surface area (Å²) in [6.45, 7) is 4.52. The SMILES string of the molecule is O=C(CN1CCN(Cc2cc(=O)n3cc(Cl)ccc3n2)CC1)NC1CC1. The molecule has 26 heavy (non-hydrogen) atoms. The minimum Gasteiger partial charge on any atom is -0.352 e. The van der Waals surface area contributed by atoms with Gasteiger partial charge in [-0.1, -0.05) is 11.6 Å². The molecule has 1 amide bonds. The van der Waals surface area contributed by atoms with Crippen molar-refractivity contribution < 1.29 is 4.79 Å². The van der Waals surface area contributed by atoms with Crippen LogP contribution in [0.15, 0.2) is 29.2 Å². The monoisotopic (exact) mass is 375 g/mol. The number of aromatic nitrogens is 2. The molecule has 0 unspecified atom stereocenters. The van der Waals surface area contributed by atoms with Gasteiger partial charge in [0.2, 0.25) is 5.91 Å². The zero-order valence-electron chi connectivity index (χ0n) is 14.5. The molecule has 1 aliphatic heterocycles. The highest BCUT2D eigenvalue weighted by atomic mass is 35.5. The lowest BCUT2D eigenvalue weighted by molar-refractivity contribution is -0.122. The van der Waals surface area contributed by atoms with Crippen molar-refractivity contribution in [3.63, 3.8) is 0 Å². The number of pyridine rings is 1. The first-order chi connectivity index (χ1) is 12.6. The van der Waals surface area contributed by atoms with Gasteiger partial charge in [0.05, 0.1) is 17.3 Å². The quantitative estimate of drug-likeness (QED) is 0.835. The lowest BCUT2D eigenvalue weighted by Crippen LogP contribution is -2.49. The van der Waals surface area contributed by atoms with Crippen LogP contribution in [0, 0.1) is 0 Å². The van der Waals surface area contributed by atoms with Crippen LogP contribution in [0.4, 0.5) is 0 Å². The standard InChI is InChI=1S/C18H22ClN5O2/c19-13-1-4-16-20-15(9-18(26)24(16)10-13)11-22-5-7-23(8-6-22)12-17(25)21-14-2-3-14/h1,4,9-10,14H,2-3,5-8,11-12H2,(H,21,25). The van der Waals surface area contributed by atoms with E-state index in [9.17, 15) is 9.59 Å². The third-order valence-electron chi connectivity index (χ3n) is 4.84. The maximum absolute atomic E-state index is 12.3. The summed E-state index contributed by atoms with van der Waals surface area (Å²) in [6, 6.07) is 5.47. The Morgan fingerprint density at radius 2 is 1.92 bits per heavy atom. The van der Waals surface area contributed by atoms with Gasteiger partial charge < -0.3 is 5.32 Å². The average Bonchev–Trinajstić information content (AvgIpc) is 3.41. The Labute approximate surface area is 156 Å². The number of hydrogen-bond acceptors (Lipinski definition) is 5. The van der Waals surface area contributed by atoms with Gasteiger partial charge >= 0.3 is 0 Å². The van der Waals surface area contributed by atoms with Crippen molar-refractivity contribution >= 4 is 23.2 Å². The Morgan fingerprint density at radius 1 is 1.19 bits per heavy atom. The van der Waals surface area contributed by atoms with Crippen molar-refractivity contribution in [1.82, 2.24) is 24.5 Å². The van der Waals surface area contributed by atoms with Crippen molar-refractivity contribution in [2.24, 2.45) is 0 Å². The molecular formula is C18H22ClN5O2. The molecule has 0 aromatic carbocycles. The molecule has 0 radical (unpaired) electrons. The fourth-order valence-corrected chi connectivity index (χ4v) is 3.41. The highest BCUT2D eigenvalue weighted by Gasteiger charge is 2.25. The molecule has 2 fully saturated rings. The number of rotatable bonds is 5. The van der Waals surface area contributed by atoms with Gasteiger partial charge in [0.1, 0.15) is 5.65 Å². The molecule has 0 bridgehead atoms. The summed E-state index contributed by atoms with van der Waals surface area (Å²) in [7, 11) is 0. The molecule has 0 spiro atoms. The molecule has 2 aliphatic rings. The number of fused-ring (bicyclic) bond motifs is 1. The van der Waals surface area contributed by atoms with Crippen LogP contribution in [0.25, 0.3) is 5.65 Å². The van der Waals surface area contributed by atoms with E-state index >= 15 is 0 Å². The molecular weight excluding hydrogens is 354 g/mol. The summed E-state index contributed by atoms with van der Waals surface area (Å²) in [4.78, 5) is 33.2. The van der Waals surface area contributed by atoms with E-state index in [-0.39, 0.29) is 11.5 Å². The number of nitrogens with one attached hydrogen (secondary N) is 1. The maximum atomic E-state index is 12.3. The zero-order chi connectivity index (χ0) is 18.1. The van der Waals surface area contributed by atoms with E-state index in [0.29, 0.717) is 29.8 Å². The van der Waals surface area contributed by atoms with Crippen molar-refractivity contribution in [2.75, 3.05) is 32.7 Å². The first-order valence-electron chi connectivity index (χ1n) is 8.99. The Balaban J connectivity index is 1.34. The fourth-order valence-electron chi connectivity index (χ4n) is 3.25. The van der Waals surface area contributed by atoms with Crippen LogP contribution in [0.5, 0.6) is 0 Å². The Morgan fingerprint density at radius 3 is 2.65 bits per heavy atom. The Hall–Kier alpha value is -1.96. The first kappa shape index (κ1) is 17.5. The molecule has 7 nitrogen and oxygen atoms in total. The molecule has 0 atom stereocenters. The number of hydrogen-bond donors (Lipinski definition) is 1. The normalized spacial score (nSPS) is 19.0. The van der Waals surface area contributed by atoms with Crippen LogP contribution in [0.3, 0.4) is 0 Å². The van der Waals surface area contributed by atoms with Gasteiger partial charge in [0, 0.05) is 51.0 Å². The molecule has 1 aliphatic carbocycles. The highest BCUT2D eigenvalue weighted by Crippen LogP contribution is 2.18. The van der Waals surface area contributed by atoms with Crippen LogP contribution >= 0.6 is 11.6 Å². The van der Waals surface area contributed by atoms with Crippen LogP contribution < -0.4 is 10.9 Å². The number of halogens is 1. The molecule has 1 saturated heterocycles. The van der Waals surface area contributed by atoms with E-state index < -0.39 is 0 Å². The van der Waals surface area contributed by atoms with Gasteiger partial charge in [-0.05, 0) is 25.0 Å². The highest BCUT2D eigenvalue weighted by molar-refractivity contribution is 6.30. The van der Waals surface area contributed by atoms with Crippen molar-refractivity contribution in [3.8, 4) is 0 Å². The molecule has 138 valence electrons. The molecule has 2 aromatic rings. The zero-order valence-corrected chi connectivity index (χ0v) is 15.3. The number of nitrogens with zero attached hydrogens (tertiary/aromatic N) is 4. The van der Waals surface area contributed by atoms with Gasteiger partial charge in [-0.3, -0.25) is 23.8 Å². The van der Waals surface area contributed by atoms with Gasteiger partial charge in [-0.2, -0.15) is 0 Å². The van der Waals surface area contributed by atoms with Crippen molar-refractivity contribution in [3.05, 3.63) is 45.5 Å². The molecule has 4 rings (SSSR count). The number of piperazine rings is 1. The van der Waals surface area contributed by atoms with Crippen LogP contribution in [0.1, 0.15) is 18.5 Å². The largest absolute Gasteiger partial charge is 0.352 e. The molecule has 1 saturated carbocycles. The van der Waals surface area contributed by atoms with Crippen LogP contribution in [0.2, 0.25) is 5.02 Å². The summed E-state index contributed by atoms with van der Waals surface area (Å²) >= 11 is 5.94. The fraction of sp³-hybridized carbons (Fsp3) is 0.500. The van der Waals surface area contributed by atoms with E-state index in [4.69, 9.17) is 11.6 Å². The minimum atomic E-state index is -0.122. The maximum Gasteiger partial charge on any atom is 0.258 e. The predicted molar refractivity (Wildman–Crippen MR) is 99.4 cm³/mol. The topological polar surface area (TPSA) is 70.0 Å². The minimum absolute atomic E-state index is 0.122. The second-order valence-electron chi connectivity index (χ2n) is 7.06. The van der Waals surface area contributed by atoms with Crippen molar-refractivity contribution in [2.45, 2.75) is 25.4 Å². The van der Waals surface area contributed by atoms with Gasteiger partial charge in [-0.15, -0.1) is 0 Å². The number of carbonyl (C=O) groups excluding carboxylic acids is 1. The van der Waals surface area contributed by atoms with E-state index in [1.54, 1.807) is 24.4 Å². The summed E-state index contributed by atoms with van der Waals surface area (Å²) in [5, 5.41) is 3.54. The average molecular weight is 376 g/mol. The summed E-state index contributed by atoms with van der Waals surface area (Å²) in [5.41, 5.74) is 1.24. The Kier molecular flexibility index (Phi) is 4.93. The second kappa shape index (κ2) is 7.34. The van der Waals surface area contributed by atoms with Gasteiger partial charge in [0.25, 0.3) is 5.56 Å². The lowest BCUT2D eigenvalue weighted by atomic mass is 10.2. The molecule has 3 heterocycles. The summed E-state index contributed by atoms with van der Waals surface area (Å²) < 4.78 is 1.46. The van der Waals surface area contributed by atoms with E-state index in [2.05, 4.69) is 20.1 Å². The lowest BCUT2D eigenvalue weighted by Gasteiger charge is -2.34. The number of amides is 1. The molecule has 8 heteroatoms. The summed E-state index contributed by atoms with van der Waals surface area (Å²) in [6.07, 6.45) is 3.82. The predicted octanol–water partition coefficient (Wildman–Crippen LogP) is 0.744. The number of carbonyl (C=O) groups is 1. The first-order valence-corrected chi connectivity index (χ1v) is 9.36. The molecule has 1 N–H and O–H groups in total. The third-order valence-corrected chi connectivity index (χ3v) is 5.06. The second-order valence-corrected chi connectivity index (χ2v) is 7.49.